The number of aliphatic carboxylic acids is 1. The minimum atomic E-state index is -1.17. The summed E-state index contributed by atoms with van der Waals surface area (Å²) in [6, 6.07) is -4.16. The molecule has 4 unspecified atom stereocenters. The molecular weight excluding hydrogens is 418 g/mol. The maximum absolute atomic E-state index is 12.9. The molecule has 32 heavy (non-hydrogen) atoms. The van der Waals surface area contributed by atoms with Crippen LogP contribution in [-0.4, -0.2) is 58.9 Å². The second kappa shape index (κ2) is 13.7. The van der Waals surface area contributed by atoms with E-state index in [1.54, 1.807) is 27.7 Å². The first-order valence-electron chi connectivity index (χ1n) is 10.8. The fourth-order valence-corrected chi connectivity index (χ4v) is 2.87. The Labute approximate surface area is 189 Å². The molecule has 0 saturated carbocycles. The summed E-state index contributed by atoms with van der Waals surface area (Å²) in [7, 11) is 0. The van der Waals surface area contributed by atoms with Crippen molar-refractivity contribution in [3.8, 4) is 0 Å². The summed E-state index contributed by atoms with van der Waals surface area (Å²) in [5, 5.41) is 16.9. The molecule has 0 aromatic heterocycles. The number of carbonyl (C=O) groups excluding carboxylic acids is 4. The minimum Gasteiger partial charge on any atom is -0.480 e. The van der Waals surface area contributed by atoms with Gasteiger partial charge in [0.1, 0.15) is 18.1 Å². The van der Waals surface area contributed by atoms with Crippen LogP contribution in [0, 0.1) is 17.8 Å². The molecule has 8 N–H and O–H groups in total. The number of hydrogen-bond donors (Lipinski definition) is 6. The van der Waals surface area contributed by atoms with Gasteiger partial charge in [0.2, 0.25) is 23.6 Å². The number of carboxylic acids is 1. The van der Waals surface area contributed by atoms with Crippen molar-refractivity contribution in [2.45, 2.75) is 85.0 Å². The second-order valence-electron chi connectivity index (χ2n) is 9.10. The predicted octanol–water partition coefficient (Wildman–Crippen LogP) is -0.524. The smallest absolute Gasteiger partial charge is 0.326 e. The highest BCUT2D eigenvalue weighted by Crippen LogP contribution is 2.09. The summed E-state index contributed by atoms with van der Waals surface area (Å²) in [4.78, 5) is 60.7. The first-order valence-corrected chi connectivity index (χ1v) is 10.8. The summed E-state index contributed by atoms with van der Waals surface area (Å²) >= 11 is 0. The van der Waals surface area contributed by atoms with Gasteiger partial charge >= 0.3 is 5.97 Å². The van der Waals surface area contributed by atoms with E-state index in [2.05, 4.69) is 16.0 Å². The quantitative estimate of drug-likeness (QED) is 0.202. The fraction of sp³-hybridized carbons (Fsp3) is 0.762. The molecule has 0 aliphatic carbocycles. The highest BCUT2D eigenvalue weighted by molar-refractivity contribution is 5.94. The number of nitrogens with two attached hydrogens (primary N) is 2. The molecule has 184 valence electrons. The number of carboxylic acid groups (broad SMARTS) is 1. The molecule has 0 aromatic rings. The normalized spacial score (nSPS) is 15.1. The minimum absolute atomic E-state index is 0.0297. The Kier molecular flexibility index (Phi) is 12.5. The number of amides is 4. The standard InChI is InChI=1S/C21H39N5O6/c1-10(2)9-14(21(31)32)25-20(30)17(12(5)6)26-18(28)13(7-8-15(22)27)24-19(29)16(23)11(3)4/h10-14,16-17H,7-9,23H2,1-6H3,(H2,22,27)(H,24,29)(H,25,30)(H,26,28)(H,31,32). The lowest BCUT2D eigenvalue weighted by molar-refractivity contribution is -0.143. The third-order valence-electron chi connectivity index (χ3n) is 4.90. The average molecular weight is 458 g/mol. The lowest BCUT2D eigenvalue weighted by atomic mass is 9.99. The van der Waals surface area contributed by atoms with E-state index in [1.807, 2.05) is 13.8 Å². The number of nitrogens with one attached hydrogen (secondary N) is 3. The summed E-state index contributed by atoms with van der Waals surface area (Å²) in [5.41, 5.74) is 11.0. The van der Waals surface area contributed by atoms with Crippen molar-refractivity contribution >= 4 is 29.6 Å². The molecule has 0 spiro atoms. The van der Waals surface area contributed by atoms with Crippen LogP contribution in [0.2, 0.25) is 0 Å². The molecule has 0 radical (unpaired) electrons. The Morgan fingerprint density at radius 1 is 0.781 bits per heavy atom. The average Bonchev–Trinajstić information content (AvgIpc) is 2.66. The third-order valence-corrected chi connectivity index (χ3v) is 4.90. The van der Waals surface area contributed by atoms with Crippen LogP contribution in [0.4, 0.5) is 0 Å². The van der Waals surface area contributed by atoms with Crippen LogP contribution in [0.15, 0.2) is 0 Å². The molecule has 4 atom stereocenters. The maximum Gasteiger partial charge on any atom is 0.326 e. The highest BCUT2D eigenvalue weighted by atomic mass is 16.4. The van der Waals surface area contributed by atoms with E-state index in [1.165, 1.54) is 0 Å². The van der Waals surface area contributed by atoms with Gasteiger partial charge in [-0.3, -0.25) is 19.2 Å². The van der Waals surface area contributed by atoms with Gasteiger partial charge < -0.3 is 32.5 Å². The molecule has 0 rings (SSSR count). The molecule has 0 fully saturated rings. The van der Waals surface area contributed by atoms with Crippen LogP contribution >= 0.6 is 0 Å². The van der Waals surface area contributed by atoms with E-state index in [4.69, 9.17) is 11.5 Å². The summed E-state index contributed by atoms with van der Waals surface area (Å²) in [6.07, 6.45) is -0.0111. The molecule has 4 amide bonds. The van der Waals surface area contributed by atoms with Crippen LogP contribution in [0.1, 0.15) is 60.8 Å². The maximum atomic E-state index is 12.9. The summed E-state index contributed by atoms with van der Waals surface area (Å²) < 4.78 is 0. The van der Waals surface area contributed by atoms with Gasteiger partial charge in [-0.15, -0.1) is 0 Å². The van der Waals surface area contributed by atoms with Crippen molar-refractivity contribution < 1.29 is 29.1 Å². The fourth-order valence-electron chi connectivity index (χ4n) is 2.87. The number of rotatable bonds is 14. The molecular formula is C21H39N5O6. The Bertz CT molecular complexity index is 680. The van der Waals surface area contributed by atoms with Gasteiger partial charge in [0.15, 0.2) is 0 Å². The number of hydrogen-bond acceptors (Lipinski definition) is 6. The third kappa shape index (κ3) is 10.6. The van der Waals surface area contributed by atoms with Gasteiger partial charge in [-0.25, -0.2) is 4.79 Å². The molecule has 11 nitrogen and oxygen atoms in total. The van der Waals surface area contributed by atoms with Crippen LogP contribution < -0.4 is 27.4 Å². The second-order valence-corrected chi connectivity index (χ2v) is 9.10. The molecule has 0 saturated heterocycles. The van der Waals surface area contributed by atoms with E-state index < -0.39 is 53.8 Å². The van der Waals surface area contributed by atoms with Crippen molar-refractivity contribution in [3.05, 3.63) is 0 Å². The molecule has 0 aromatic carbocycles. The van der Waals surface area contributed by atoms with Gasteiger partial charge in [-0.2, -0.15) is 0 Å². The Morgan fingerprint density at radius 3 is 1.72 bits per heavy atom. The lowest BCUT2D eigenvalue weighted by Gasteiger charge is -2.27. The Hall–Kier alpha value is -2.69. The topological polar surface area (TPSA) is 194 Å². The van der Waals surface area contributed by atoms with Crippen LogP contribution in [0.25, 0.3) is 0 Å². The first kappa shape index (κ1) is 29.3. The van der Waals surface area contributed by atoms with Crippen molar-refractivity contribution in [2.24, 2.45) is 29.2 Å². The van der Waals surface area contributed by atoms with Crippen LogP contribution in [-0.2, 0) is 24.0 Å². The van der Waals surface area contributed by atoms with Crippen molar-refractivity contribution in [2.75, 3.05) is 0 Å². The number of carbonyl (C=O) groups is 5. The van der Waals surface area contributed by atoms with E-state index in [9.17, 15) is 29.1 Å². The molecule has 0 heterocycles. The predicted molar refractivity (Wildman–Crippen MR) is 119 cm³/mol. The zero-order valence-electron chi connectivity index (χ0n) is 19.8. The Balaban J connectivity index is 5.49. The molecule has 0 aliphatic heterocycles. The van der Waals surface area contributed by atoms with Gasteiger partial charge in [-0.1, -0.05) is 41.5 Å². The van der Waals surface area contributed by atoms with Crippen molar-refractivity contribution in [1.82, 2.24) is 16.0 Å². The van der Waals surface area contributed by atoms with E-state index >= 15 is 0 Å². The zero-order chi connectivity index (χ0) is 25.2. The molecule has 0 aliphatic rings. The summed E-state index contributed by atoms with van der Waals surface area (Å²) in [6.45, 7) is 10.5. The highest BCUT2D eigenvalue weighted by Gasteiger charge is 2.32. The first-order chi connectivity index (χ1) is 14.7. The largest absolute Gasteiger partial charge is 0.480 e. The number of primary amides is 1. The van der Waals surface area contributed by atoms with Gasteiger partial charge in [0.25, 0.3) is 0 Å². The van der Waals surface area contributed by atoms with Gasteiger partial charge in [-0.05, 0) is 30.6 Å². The summed E-state index contributed by atoms with van der Waals surface area (Å²) in [5.74, 6) is -4.27. The van der Waals surface area contributed by atoms with Crippen LogP contribution in [0.5, 0.6) is 0 Å². The zero-order valence-corrected chi connectivity index (χ0v) is 19.8. The van der Waals surface area contributed by atoms with Crippen molar-refractivity contribution in [1.29, 1.82) is 0 Å². The Morgan fingerprint density at radius 2 is 1.31 bits per heavy atom. The van der Waals surface area contributed by atoms with Gasteiger partial charge in [0, 0.05) is 6.42 Å². The lowest BCUT2D eigenvalue weighted by Crippen LogP contribution is -2.59. The molecule has 0 bridgehead atoms. The van der Waals surface area contributed by atoms with Crippen LogP contribution in [0.3, 0.4) is 0 Å². The van der Waals surface area contributed by atoms with Crippen molar-refractivity contribution in [3.63, 3.8) is 0 Å². The molecule has 11 heteroatoms. The van der Waals surface area contributed by atoms with E-state index in [0.29, 0.717) is 0 Å². The van der Waals surface area contributed by atoms with Gasteiger partial charge in [0.05, 0.1) is 6.04 Å². The SMILES string of the molecule is CC(C)CC(NC(=O)C(NC(=O)C(CCC(N)=O)NC(=O)C(N)C(C)C)C(C)C)C(=O)O. The monoisotopic (exact) mass is 457 g/mol. The van der Waals surface area contributed by atoms with E-state index in [0.717, 1.165) is 0 Å². The van der Waals surface area contributed by atoms with E-state index in [-0.39, 0.29) is 37.0 Å².